The molecule has 8 heteroatoms. The predicted molar refractivity (Wildman–Crippen MR) is 95.9 cm³/mol. The van der Waals surface area contributed by atoms with Crippen molar-refractivity contribution < 1.29 is 9.18 Å². The predicted octanol–water partition coefficient (Wildman–Crippen LogP) is 3.21. The van der Waals surface area contributed by atoms with Gasteiger partial charge in [-0.3, -0.25) is 0 Å². The Morgan fingerprint density at radius 3 is 2.72 bits per heavy atom. The van der Waals surface area contributed by atoms with Gasteiger partial charge in [0.2, 0.25) is 0 Å². The summed E-state index contributed by atoms with van der Waals surface area (Å²) in [5.41, 5.74) is 0.657. The zero-order valence-corrected chi connectivity index (χ0v) is 14.8. The largest absolute Gasteiger partial charge is 0.352 e. The Labute approximate surface area is 153 Å². The zero-order chi connectivity index (χ0) is 17.8. The average Bonchev–Trinajstić information content (AvgIpc) is 2.64. The second-order valence-corrected chi connectivity index (χ2v) is 6.43. The number of nitrogens with one attached hydrogen (secondary N) is 1. The molecule has 3 rings (SSSR count). The monoisotopic (exact) mass is 403 g/mol. The zero-order valence-electron chi connectivity index (χ0n) is 13.2. The number of piperazine rings is 1. The van der Waals surface area contributed by atoms with E-state index in [4.69, 9.17) is 5.26 Å². The van der Waals surface area contributed by atoms with Crippen LogP contribution in [0.5, 0.6) is 0 Å². The number of pyridine rings is 1. The second-order valence-electron chi connectivity index (χ2n) is 5.51. The van der Waals surface area contributed by atoms with Crippen LogP contribution in [0.1, 0.15) is 5.56 Å². The van der Waals surface area contributed by atoms with Crippen LogP contribution in [0.4, 0.5) is 20.7 Å². The molecule has 2 amide bonds. The maximum Gasteiger partial charge on any atom is 0.322 e. The van der Waals surface area contributed by atoms with Gasteiger partial charge in [0.1, 0.15) is 17.7 Å². The van der Waals surface area contributed by atoms with E-state index >= 15 is 0 Å². The van der Waals surface area contributed by atoms with Crippen molar-refractivity contribution in [2.24, 2.45) is 0 Å². The number of nitrogens with zero attached hydrogens (tertiary/aromatic N) is 4. The highest BCUT2D eigenvalue weighted by Gasteiger charge is 2.23. The molecule has 128 valence electrons. The van der Waals surface area contributed by atoms with E-state index in [9.17, 15) is 9.18 Å². The number of urea groups is 1. The molecule has 1 fully saturated rings. The van der Waals surface area contributed by atoms with E-state index in [2.05, 4.69) is 32.3 Å². The van der Waals surface area contributed by atoms with Gasteiger partial charge in [-0.2, -0.15) is 5.26 Å². The minimum Gasteiger partial charge on any atom is -0.352 e. The normalized spacial score (nSPS) is 14.1. The van der Waals surface area contributed by atoms with Crippen LogP contribution in [-0.4, -0.2) is 42.1 Å². The third kappa shape index (κ3) is 3.88. The first kappa shape index (κ1) is 17.2. The van der Waals surface area contributed by atoms with E-state index in [0.717, 1.165) is 0 Å². The molecule has 0 atom stereocenters. The highest BCUT2D eigenvalue weighted by molar-refractivity contribution is 9.10. The summed E-state index contributed by atoms with van der Waals surface area (Å²) in [6.07, 6.45) is 1.64. The summed E-state index contributed by atoms with van der Waals surface area (Å²) in [4.78, 5) is 20.2. The molecule has 0 unspecified atom stereocenters. The summed E-state index contributed by atoms with van der Waals surface area (Å²) in [6.45, 7) is 2.04. The van der Waals surface area contributed by atoms with E-state index in [0.29, 0.717) is 42.0 Å². The Hall–Kier alpha value is -2.66. The van der Waals surface area contributed by atoms with E-state index < -0.39 is 5.82 Å². The number of hydrogen-bond acceptors (Lipinski definition) is 4. The molecule has 1 aliphatic heterocycles. The van der Waals surface area contributed by atoms with Gasteiger partial charge >= 0.3 is 6.03 Å². The third-order valence-corrected chi connectivity index (χ3v) is 4.44. The Morgan fingerprint density at radius 2 is 2.04 bits per heavy atom. The Kier molecular flexibility index (Phi) is 5.14. The maximum absolute atomic E-state index is 13.8. The molecular formula is C17H15BrFN5O. The lowest BCUT2D eigenvalue weighted by Crippen LogP contribution is -2.50. The number of benzene rings is 1. The van der Waals surface area contributed by atoms with Gasteiger partial charge < -0.3 is 15.1 Å². The number of halogens is 2. The van der Waals surface area contributed by atoms with Gasteiger partial charge in [0.15, 0.2) is 0 Å². The van der Waals surface area contributed by atoms with Gasteiger partial charge in [0, 0.05) is 36.8 Å². The lowest BCUT2D eigenvalue weighted by molar-refractivity contribution is 0.208. The summed E-state index contributed by atoms with van der Waals surface area (Å²) in [7, 11) is 0. The lowest BCUT2D eigenvalue weighted by atomic mass is 10.2. The smallest absolute Gasteiger partial charge is 0.322 e. The van der Waals surface area contributed by atoms with Crippen LogP contribution in [0.25, 0.3) is 0 Å². The van der Waals surface area contributed by atoms with Crippen molar-refractivity contribution in [1.82, 2.24) is 9.88 Å². The molecule has 2 aromatic rings. The Morgan fingerprint density at radius 1 is 1.28 bits per heavy atom. The SMILES string of the molecule is N#Cc1cccnc1N1CCN(C(=O)Nc2ccc(Br)cc2F)CC1. The summed E-state index contributed by atoms with van der Waals surface area (Å²) >= 11 is 3.18. The highest BCUT2D eigenvalue weighted by Crippen LogP contribution is 2.21. The quantitative estimate of drug-likeness (QED) is 0.835. The highest BCUT2D eigenvalue weighted by atomic mass is 79.9. The van der Waals surface area contributed by atoms with E-state index in [1.165, 1.54) is 12.1 Å². The van der Waals surface area contributed by atoms with Crippen molar-refractivity contribution in [3.63, 3.8) is 0 Å². The molecule has 0 aliphatic carbocycles. The van der Waals surface area contributed by atoms with Crippen molar-refractivity contribution in [3.05, 3.63) is 52.4 Å². The van der Waals surface area contributed by atoms with E-state index in [1.807, 2.05) is 4.90 Å². The Balaban J connectivity index is 1.62. The van der Waals surface area contributed by atoms with Gasteiger partial charge in [0.25, 0.3) is 0 Å². The topological polar surface area (TPSA) is 72.3 Å². The van der Waals surface area contributed by atoms with Crippen molar-refractivity contribution in [2.45, 2.75) is 0 Å². The molecule has 1 aromatic heterocycles. The van der Waals surface area contributed by atoms with Gasteiger partial charge in [-0.1, -0.05) is 15.9 Å². The van der Waals surface area contributed by atoms with Gasteiger partial charge in [-0.05, 0) is 30.3 Å². The number of amides is 2. The number of rotatable bonds is 2. The first-order chi connectivity index (χ1) is 12.1. The molecule has 25 heavy (non-hydrogen) atoms. The molecule has 0 radical (unpaired) electrons. The fourth-order valence-corrected chi connectivity index (χ4v) is 2.98. The van der Waals surface area contributed by atoms with Crippen LogP contribution in [0.2, 0.25) is 0 Å². The maximum atomic E-state index is 13.8. The summed E-state index contributed by atoms with van der Waals surface area (Å²) in [5, 5.41) is 11.8. The second kappa shape index (κ2) is 7.49. The van der Waals surface area contributed by atoms with E-state index in [-0.39, 0.29) is 11.7 Å². The van der Waals surface area contributed by atoms with Gasteiger partial charge in [0.05, 0.1) is 11.3 Å². The Bertz CT molecular complexity index is 830. The molecule has 0 bridgehead atoms. The number of anilines is 2. The average molecular weight is 404 g/mol. The van der Waals surface area contributed by atoms with Crippen LogP contribution < -0.4 is 10.2 Å². The fraction of sp³-hybridized carbons (Fsp3) is 0.235. The lowest BCUT2D eigenvalue weighted by Gasteiger charge is -2.35. The van der Waals surface area contributed by atoms with Crippen LogP contribution in [0, 0.1) is 17.1 Å². The molecule has 1 aromatic carbocycles. The van der Waals surface area contributed by atoms with Crippen LogP contribution >= 0.6 is 15.9 Å². The number of hydrogen-bond donors (Lipinski definition) is 1. The van der Waals surface area contributed by atoms with E-state index in [1.54, 1.807) is 29.3 Å². The third-order valence-electron chi connectivity index (χ3n) is 3.95. The molecule has 0 saturated carbocycles. The van der Waals surface area contributed by atoms with Crippen LogP contribution in [0.3, 0.4) is 0 Å². The van der Waals surface area contributed by atoms with Gasteiger partial charge in [-0.15, -0.1) is 0 Å². The number of aromatic nitrogens is 1. The van der Waals surface area contributed by atoms with Crippen molar-refractivity contribution in [2.75, 3.05) is 36.4 Å². The molecule has 6 nitrogen and oxygen atoms in total. The molecule has 1 saturated heterocycles. The molecular weight excluding hydrogens is 389 g/mol. The summed E-state index contributed by atoms with van der Waals surface area (Å²) in [5.74, 6) is 0.137. The molecule has 1 N–H and O–H groups in total. The standard InChI is InChI=1S/C17H15BrFN5O/c18-13-3-4-15(14(19)10-13)22-17(25)24-8-6-23(7-9-24)16-12(11-20)2-1-5-21-16/h1-5,10H,6-9H2,(H,22,25). The minimum absolute atomic E-state index is 0.145. The summed E-state index contributed by atoms with van der Waals surface area (Å²) in [6, 6.07) is 9.71. The first-order valence-corrected chi connectivity index (χ1v) is 8.49. The minimum atomic E-state index is -0.492. The number of carbonyl (C=O) groups is 1. The van der Waals surface area contributed by atoms with Crippen LogP contribution in [-0.2, 0) is 0 Å². The molecule has 0 spiro atoms. The molecule has 1 aliphatic rings. The van der Waals surface area contributed by atoms with Crippen LogP contribution in [0.15, 0.2) is 41.0 Å². The molecule has 2 heterocycles. The summed E-state index contributed by atoms with van der Waals surface area (Å²) < 4.78 is 14.4. The van der Waals surface area contributed by atoms with Gasteiger partial charge in [-0.25, -0.2) is 14.2 Å². The number of carbonyl (C=O) groups excluding carboxylic acids is 1. The first-order valence-electron chi connectivity index (χ1n) is 7.69. The van der Waals surface area contributed by atoms with Crippen molar-refractivity contribution >= 4 is 33.5 Å². The fourth-order valence-electron chi connectivity index (χ4n) is 2.64. The van der Waals surface area contributed by atoms with Crippen molar-refractivity contribution in [1.29, 1.82) is 5.26 Å². The van der Waals surface area contributed by atoms with Crippen molar-refractivity contribution in [3.8, 4) is 6.07 Å². The number of nitriles is 1.